The summed E-state index contributed by atoms with van der Waals surface area (Å²) in [5, 5.41) is 16.7. The van der Waals surface area contributed by atoms with E-state index < -0.39 is 5.97 Å². The molecule has 0 aliphatic heterocycles. The predicted octanol–water partition coefficient (Wildman–Crippen LogP) is 0.204. The summed E-state index contributed by atoms with van der Waals surface area (Å²) in [7, 11) is 0. The Labute approximate surface area is 68.2 Å². The molecule has 0 spiro atoms. The lowest BCUT2D eigenvalue weighted by atomic mass is 10.2. The first-order valence-corrected chi connectivity index (χ1v) is 3.19. The Balaban J connectivity index is 2.93. The maximum absolute atomic E-state index is 10.7. The van der Waals surface area contributed by atoms with Gasteiger partial charge < -0.3 is 5.11 Å². The molecule has 2 N–H and O–H groups in total. The van der Waals surface area contributed by atoms with Crippen molar-refractivity contribution in [3.05, 3.63) is 29.6 Å². The summed E-state index contributed by atoms with van der Waals surface area (Å²) in [5.41, 5.74) is 0.495. The average Bonchev–Trinajstić information content (AvgIpc) is 2.17. The highest BCUT2D eigenvalue weighted by atomic mass is 17.1. The molecule has 1 heterocycles. The quantitative estimate of drug-likeness (QED) is 0.488. The van der Waals surface area contributed by atoms with Gasteiger partial charge in [-0.3, -0.25) is 4.89 Å². The lowest BCUT2D eigenvalue weighted by Crippen LogP contribution is -2.04. The largest absolute Gasteiger partial charge is 0.392 e. The number of hydrogen-bond acceptors (Lipinski definition) is 5. The van der Waals surface area contributed by atoms with Crippen molar-refractivity contribution in [2.24, 2.45) is 0 Å². The van der Waals surface area contributed by atoms with E-state index in [0.717, 1.165) is 0 Å². The molecule has 0 radical (unpaired) electrons. The van der Waals surface area contributed by atoms with Crippen LogP contribution >= 0.6 is 0 Å². The van der Waals surface area contributed by atoms with Crippen molar-refractivity contribution in [2.45, 2.75) is 6.61 Å². The lowest BCUT2D eigenvalue weighted by Gasteiger charge is -1.97. The van der Waals surface area contributed by atoms with Crippen LogP contribution in [0.3, 0.4) is 0 Å². The zero-order chi connectivity index (χ0) is 8.97. The fourth-order valence-electron chi connectivity index (χ4n) is 0.731. The third-order valence-corrected chi connectivity index (χ3v) is 1.30. The van der Waals surface area contributed by atoms with Crippen LogP contribution in [0.4, 0.5) is 0 Å². The van der Waals surface area contributed by atoms with Crippen molar-refractivity contribution in [1.29, 1.82) is 0 Å². The zero-order valence-corrected chi connectivity index (χ0v) is 6.10. The van der Waals surface area contributed by atoms with Gasteiger partial charge in [0.05, 0.1) is 6.61 Å². The Morgan fingerprint density at radius 1 is 1.67 bits per heavy atom. The molecule has 0 unspecified atom stereocenters. The third-order valence-electron chi connectivity index (χ3n) is 1.30. The second-order valence-electron chi connectivity index (χ2n) is 2.09. The highest BCUT2D eigenvalue weighted by Crippen LogP contribution is 2.02. The SMILES string of the molecule is O=C(OO)c1cc(CO)ccn1. The smallest absolute Gasteiger partial charge is 0.390 e. The van der Waals surface area contributed by atoms with Gasteiger partial charge in [-0.15, -0.1) is 0 Å². The van der Waals surface area contributed by atoms with Gasteiger partial charge >= 0.3 is 5.97 Å². The van der Waals surface area contributed by atoms with E-state index >= 15 is 0 Å². The Bertz CT molecular complexity index is 286. The van der Waals surface area contributed by atoms with Gasteiger partial charge in [-0.1, -0.05) is 0 Å². The Hall–Kier alpha value is -1.46. The van der Waals surface area contributed by atoms with Crippen LogP contribution in [0, 0.1) is 0 Å². The van der Waals surface area contributed by atoms with Crippen molar-refractivity contribution in [1.82, 2.24) is 4.98 Å². The normalized spacial score (nSPS) is 9.50. The first kappa shape index (κ1) is 8.63. The minimum atomic E-state index is -0.940. The molecule has 0 aliphatic carbocycles. The molecule has 5 nitrogen and oxygen atoms in total. The molecule has 1 aromatic heterocycles. The van der Waals surface area contributed by atoms with Crippen LogP contribution < -0.4 is 0 Å². The van der Waals surface area contributed by atoms with Crippen LogP contribution in [0.5, 0.6) is 0 Å². The van der Waals surface area contributed by atoms with Gasteiger partial charge in [-0.2, -0.15) is 5.26 Å². The van der Waals surface area contributed by atoms with Crippen LogP contribution in [0.2, 0.25) is 0 Å². The first-order chi connectivity index (χ1) is 5.77. The molecular formula is C7H7NO4. The standard InChI is InChI=1S/C7H7NO4/c9-4-5-1-2-8-6(3-5)7(10)12-11/h1-3,9,11H,4H2. The fourth-order valence-corrected chi connectivity index (χ4v) is 0.731. The molecule has 0 atom stereocenters. The van der Waals surface area contributed by atoms with Gasteiger partial charge in [-0.25, -0.2) is 9.78 Å². The summed E-state index contributed by atoms with van der Waals surface area (Å²) >= 11 is 0. The molecule has 1 rings (SSSR count). The molecule has 0 fully saturated rings. The van der Waals surface area contributed by atoms with Crippen molar-refractivity contribution in [3.8, 4) is 0 Å². The van der Waals surface area contributed by atoms with Crippen molar-refractivity contribution in [2.75, 3.05) is 0 Å². The van der Waals surface area contributed by atoms with E-state index in [1.807, 2.05) is 0 Å². The van der Waals surface area contributed by atoms with E-state index in [2.05, 4.69) is 9.87 Å². The molecule has 5 heteroatoms. The van der Waals surface area contributed by atoms with E-state index in [1.165, 1.54) is 12.3 Å². The van der Waals surface area contributed by atoms with Crippen LogP contribution in [0.15, 0.2) is 18.3 Å². The molecule has 0 saturated carbocycles. The summed E-state index contributed by atoms with van der Waals surface area (Å²) < 4.78 is 0. The Morgan fingerprint density at radius 3 is 3.00 bits per heavy atom. The molecule has 1 aromatic rings. The first-order valence-electron chi connectivity index (χ1n) is 3.19. The highest BCUT2D eigenvalue weighted by molar-refractivity contribution is 5.86. The molecule has 12 heavy (non-hydrogen) atoms. The van der Waals surface area contributed by atoms with E-state index in [-0.39, 0.29) is 12.3 Å². The molecule has 0 saturated heterocycles. The van der Waals surface area contributed by atoms with Crippen LogP contribution in [0.1, 0.15) is 16.1 Å². The summed E-state index contributed by atoms with van der Waals surface area (Å²) in [5.74, 6) is -0.940. The van der Waals surface area contributed by atoms with Gasteiger partial charge in [-0.05, 0) is 17.7 Å². The van der Waals surface area contributed by atoms with Gasteiger partial charge in [0.25, 0.3) is 0 Å². The number of aliphatic hydroxyl groups excluding tert-OH is 1. The molecule has 0 aromatic carbocycles. The van der Waals surface area contributed by atoms with E-state index in [0.29, 0.717) is 5.56 Å². The molecule has 64 valence electrons. The minimum Gasteiger partial charge on any atom is -0.392 e. The number of rotatable bonds is 2. The highest BCUT2D eigenvalue weighted by Gasteiger charge is 2.08. The number of hydrogen-bond donors (Lipinski definition) is 2. The van der Waals surface area contributed by atoms with Gasteiger partial charge in [0.15, 0.2) is 5.69 Å². The van der Waals surface area contributed by atoms with Crippen molar-refractivity contribution >= 4 is 5.97 Å². The summed E-state index contributed by atoms with van der Waals surface area (Å²) in [6, 6.07) is 2.88. The second-order valence-corrected chi connectivity index (χ2v) is 2.09. The topological polar surface area (TPSA) is 79.7 Å². The monoisotopic (exact) mass is 169 g/mol. The maximum atomic E-state index is 10.7. The minimum absolute atomic E-state index is 0.0379. The van der Waals surface area contributed by atoms with Gasteiger partial charge in [0.2, 0.25) is 0 Å². The third kappa shape index (κ3) is 1.77. The van der Waals surface area contributed by atoms with E-state index in [1.54, 1.807) is 6.07 Å². The number of nitrogens with zero attached hydrogens (tertiary/aromatic N) is 1. The van der Waals surface area contributed by atoms with Crippen LogP contribution in [-0.4, -0.2) is 21.3 Å². The lowest BCUT2D eigenvalue weighted by molar-refractivity contribution is -0.183. The van der Waals surface area contributed by atoms with Crippen LogP contribution in [0.25, 0.3) is 0 Å². The summed E-state index contributed by atoms with van der Waals surface area (Å²) in [6.07, 6.45) is 1.35. The van der Waals surface area contributed by atoms with Gasteiger partial charge in [0, 0.05) is 6.20 Å². The summed E-state index contributed by atoms with van der Waals surface area (Å²) in [4.78, 5) is 17.7. The zero-order valence-electron chi connectivity index (χ0n) is 6.10. The number of pyridine rings is 1. The predicted molar refractivity (Wildman–Crippen MR) is 38.2 cm³/mol. The van der Waals surface area contributed by atoms with E-state index in [9.17, 15) is 4.79 Å². The molecule has 0 amide bonds. The molecular weight excluding hydrogens is 162 g/mol. The number of aromatic nitrogens is 1. The Morgan fingerprint density at radius 2 is 2.42 bits per heavy atom. The maximum Gasteiger partial charge on any atom is 0.390 e. The van der Waals surface area contributed by atoms with Crippen LogP contribution in [-0.2, 0) is 11.5 Å². The van der Waals surface area contributed by atoms with Gasteiger partial charge in [0.1, 0.15) is 0 Å². The fraction of sp³-hybridized carbons (Fsp3) is 0.143. The number of aliphatic hydroxyl groups is 1. The number of carbonyl (C=O) groups excluding carboxylic acids is 1. The van der Waals surface area contributed by atoms with Crippen molar-refractivity contribution < 1.29 is 20.0 Å². The molecule has 0 aliphatic rings. The Kier molecular flexibility index (Phi) is 2.73. The van der Waals surface area contributed by atoms with Crippen molar-refractivity contribution in [3.63, 3.8) is 0 Å². The second kappa shape index (κ2) is 3.80. The number of carbonyl (C=O) groups is 1. The summed E-state index contributed by atoms with van der Waals surface area (Å²) in [6.45, 7) is -0.186. The average molecular weight is 169 g/mol. The van der Waals surface area contributed by atoms with E-state index in [4.69, 9.17) is 10.4 Å². The molecule has 0 bridgehead atoms.